The predicted octanol–water partition coefficient (Wildman–Crippen LogP) is 3.64. The summed E-state index contributed by atoms with van der Waals surface area (Å²) in [5.74, 6) is 1.48. The molecule has 1 aliphatic carbocycles. The molecule has 1 aromatic rings. The molecule has 3 rings (SSSR count). The Bertz CT molecular complexity index is 717. The average molecular weight is 500 g/mol. The van der Waals surface area contributed by atoms with E-state index in [2.05, 4.69) is 51.7 Å². The molecule has 1 aromatic carbocycles. The number of aryl methyl sites for hydroxylation is 1. The SMILES string of the molecule is CN=C(NC1CC1c1ccccc1C)N1CCC(NC(=O)OC(C)(C)C)C1.I. The molecule has 3 unspecified atom stereocenters. The van der Waals surface area contributed by atoms with E-state index in [0.29, 0.717) is 12.0 Å². The largest absolute Gasteiger partial charge is 0.444 e. The lowest BCUT2D eigenvalue weighted by atomic mass is 10.0. The second-order valence-electron chi connectivity index (χ2n) is 8.57. The number of rotatable bonds is 3. The van der Waals surface area contributed by atoms with Gasteiger partial charge in [-0.25, -0.2) is 4.79 Å². The first kappa shape index (κ1) is 22.8. The molecule has 0 bridgehead atoms. The van der Waals surface area contributed by atoms with Crippen LogP contribution in [0.3, 0.4) is 0 Å². The summed E-state index contributed by atoms with van der Waals surface area (Å²) < 4.78 is 5.36. The van der Waals surface area contributed by atoms with Gasteiger partial charge in [-0.3, -0.25) is 4.99 Å². The molecule has 156 valence electrons. The van der Waals surface area contributed by atoms with E-state index in [1.165, 1.54) is 11.1 Å². The summed E-state index contributed by atoms with van der Waals surface area (Å²) in [7, 11) is 1.82. The molecule has 0 radical (unpaired) electrons. The number of halogens is 1. The number of benzene rings is 1. The Balaban J connectivity index is 0.00000280. The highest BCUT2D eigenvalue weighted by molar-refractivity contribution is 14.0. The van der Waals surface area contributed by atoms with Crippen LogP contribution in [-0.4, -0.2) is 54.8 Å². The number of guanidine groups is 1. The number of carbonyl (C=O) groups is 1. The molecule has 28 heavy (non-hydrogen) atoms. The molecule has 1 heterocycles. The van der Waals surface area contributed by atoms with Crippen molar-refractivity contribution in [2.24, 2.45) is 4.99 Å². The highest BCUT2D eigenvalue weighted by Crippen LogP contribution is 2.42. The van der Waals surface area contributed by atoms with Crippen LogP contribution in [0.1, 0.15) is 50.7 Å². The standard InChI is InChI=1S/C21H32N4O2.HI/c1-14-8-6-7-9-16(14)17-12-18(17)24-19(22-5)25-11-10-15(13-25)23-20(26)27-21(2,3)4;/h6-9,15,17-18H,10-13H2,1-5H3,(H,22,24)(H,23,26);1H. The van der Waals surface area contributed by atoms with Crippen molar-refractivity contribution >= 4 is 36.0 Å². The van der Waals surface area contributed by atoms with E-state index in [1.807, 2.05) is 27.8 Å². The van der Waals surface area contributed by atoms with Gasteiger partial charge in [-0.1, -0.05) is 24.3 Å². The highest BCUT2D eigenvalue weighted by atomic mass is 127. The van der Waals surface area contributed by atoms with E-state index in [9.17, 15) is 4.79 Å². The fraction of sp³-hybridized carbons (Fsp3) is 0.619. The van der Waals surface area contributed by atoms with Gasteiger partial charge in [0.05, 0.1) is 6.04 Å². The van der Waals surface area contributed by atoms with E-state index >= 15 is 0 Å². The zero-order chi connectivity index (χ0) is 19.6. The summed E-state index contributed by atoms with van der Waals surface area (Å²) in [6.45, 7) is 9.43. The summed E-state index contributed by atoms with van der Waals surface area (Å²) in [5.41, 5.74) is 2.30. The third-order valence-corrected chi connectivity index (χ3v) is 5.11. The van der Waals surface area contributed by atoms with Gasteiger partial charge in [0.2, 0.25) is 0 Å². The minimum absolute atomic E-state index is 0. The first-order valence-electron chi connectivity index (χ1n) is 9.80. The Morgan fingerprint density at radius 3 is 2.61 bits per heavy atom. The number of nitrogens with one attached hydrogen (secondary N) is 2. The zero-order valence-corrected chi connectivity index (χ0v) is 19.8. The predicted molar refractivity (Wildman–Crippen MR) is 124 cm³/mol. The second-order valence-corrected chi connectivity index (χ2v) is 8.57. The molecule has 2 N–H and O–H groups in total. The van der Waals surface area contributed by atoms with E-state index in [4.69, 9.17) is 4.74 Å². The van der Waals surface area contributed by atoms with Crippen molar-refractivity contribution in [3.8, 4) is 0 Å². The number of alkyl carbamates (subject to hydrolysis) is 1. The van der Waals surface area contributed by atoms with E-state index in [-0.39, 0.29) is 36.1 Å². The number of carbonyl (C=O) groups excluding carboxylic acids is 1. The normalized spacial score (nSPS) is 24.4. The fourth-order valence-corrected chi connectivity index (χ4v) is 3.71. The van der Waals surface area contributed by atoms with Crippen LogP contribution < -0.4 is 10.6 Å². The molecule has 1 saturated heterocycles. The number of nitrogens with zero attached hydrogens (tertiary/aromatic N) is 2. The van der Waals surface area contributed by atoms with Crippen LogP contribution in [0.4, 0.5) is 4.79 Å². The molecule has 0 spiro atoms. The van der Waals surface area contributed by atoms with Gasteiger partial charge in [0.15, 0.2) is 5.96 Å². The number of hydrogen-bond acceptors (Lipinski definition) is 3. The highest BCUT2D eigenvalue weighted by Gasteiger charge is 2.41. The monoisotopic (exact) mass is 500 g/mol. The van der Waals surface area contributed by atoms with Gasteiger partial charge in [0.25, 0.3) is 0 Å². The van der Waals surface area contributed by atoms with Crippen molar-refractivity contribution in [1.29, 1.82) is 0 Å². The van der Waals surface area contributed by atoms with Crippen molar-refractivity contribution in [1.82, 2.24) is 15.5 Å². The lowest BCUT2D eigenvalue weighted by molar-refractivity contribution is 0.0507. The minimum Gasteiger partial charge on any atom is -0.444 e. The smallest absolute Gasteiger partial charge is 0.407 e. The third-order valence-electron chi connectivity index (χ3n) is 5.11. The molecule has 1 saturated carbocycles. The molecule has 2 fully saturated rings. The zero-order valence-electron chi connectivity index (χ0n) is 17.5. The number of hydrogen-bond donors (Lipinski definition) is 2. The summed E-state index contributed by atoms with van der Waals surface area (Å²) in [6, 6.07) is 9.12. The molecule has 3 atom stereocenters. The van der Waals surface area contributed by atoms with Gasteiger partial charge in [-0.2, -0.15) is 0 Å². The topological polar surface area (TPSA) is 66.0 Å². The van der Waals surface area contributed by atoms with Crippen LogP contribution in [-0.2, 0) is 4.74 Å². The molecule has 1 amide bonds. The number of amides is 1. The Morgan fingerprint density at radius 1 is 1.25 bits per heavy atom. The summed E-state index contributed by atoms with van der Waals surface area (Å²) >= 11 is 0. The van der Waals surface area contributed by atoms with Gasteiger partial charge in [-0.15, -0.1) is 24.0 Å². The van der Waals surface area contributed by atoms with Crippen LogP contribution in [0, 0.1) is 6.92 Å². The first-order chi connectivity index (χ1) is 12.8. The van der Waals surface area contributed by atoms with Gasteiger partial charge in [-0.05, 0) is 51.7 Å². The number of aliphatic imine (C=N–C) groups is 1. The number of ether oxygens (including phenoxy) is 1. The molecule has 7 heteroatoms. The van der Waals surface area contributed by atoms with Crippen LogP contribution in [0.15, 0.2) is 29.3 Å². The van der Waals surface area contributed by atoms with Gasteiger partial charge < -0.3 is 20.3 Å². The van der Waals surface area contributed by atoms with Crippen LogP contribution >= 0.6 is 24.0 Å². The van der Waals surface area contributed by atoms with Gasteiger partial charge in [0, 0.05) is 32.1 Å². The molecule has 0 aromatic heterocycles. The lowest BCUT2D eigenvalue weighted by Crippen LogP contribution is -2.44. The van der Waals surface area contributed by atoms with Gasteiger partial charge in [0.1, 0.15) is 5.60 Å². The summed E-state index contributed by atoms with van der Waals surface area (Å²) in [5, 5.41) is 6.57. The van der Waals surface area contributed by atoms with Crippen molar-refractivity contribution in [2.45, 2.75) is 64.1 Å². The van der Waals surface area contributed by atoms with Crippen LogP contribution in [0.25, 0.3) is 0 Å². The maximum Gasteiger partial charge on any atom is 0.407 e. The maximum atomic E-state index is 12.0. The molecular formula is C21H33IN4O2. The van der Waals surface area contributed by atoms with Crippen molar-refractivity contribution in [3.05, 3.63) is 35.4 Å². The van der Waals surface area contributed by atoms with Crippen molar-refractivity contribution < 1.29 is 9.53 Å². The maximum absolute atomic E-state index is 12.0. The Morgan fingerprint density at radius 2 is 1.96 bits per heavy atom. The minimum atomic E-state index is -0.476. The molecule has 6 nitrogen and oxygen atoms in total. The average Bonchev–Trinajstić information content (AvgIpc) is 3.19. The third kappa shape index (κ3) is 5.99. The van der Waals surface area contributed by atoms with Crippen LogP contribution in [0.2, 0.25) is 0 Å². The fourth-order valence-electron chi connectivity index (χ4n) is 3.71. The summed E-state index contributed by atoms with van der Waals surface area (Å²) in [4.78, 5) is 18.7. The van der Waals surface area contributed by atoms with Crippen molar-refractivity contribution in [2.75, 3.05) is 20.1 Å². The quantitative estimate of drug-likeness (QED) is 0.378. The number of likely N-dealkylation sites (tertiary alicyclic amines) is 1. The Kier molecular flexibility index (Phi) is 7.59. The Labute approximate surface area is 185 Å². The Hall–Kier alpha value is -1.51. The summed E-state index contributed by atoms with van der Waals surface area (Å²) in [6.07, 6.45) is 1.68. The van der Waals surface area contributed by atoms with Crippen molar-refractivity contribution in [3.63, 3.8) is 0 Å². The van der Waals surface area contributed by atoms with Crippen LogP contribution in [0.5, 0.6) is 0 Å². The molecule has 2 aliphatic rings. The van der Waals surface area contributed by atoms with Gasteiger partial charge >= 0.3 is 6.09 Å². The van der Waals surface area contributed by atoms with E-state index < -0.39 is 5.60 Å². The first-order valence-corrected chi connectivity index (χ1v) is 9.80. The van der Waals surface area contributed by atoms with E-state index in [0.717, 1.165) is 31.9 Å². The van der Waals surface area contributed by atoms with E-state index in [1.54, 1.807) is 0 Å². The second kappa shape index (κ2) is 9.33. The molecular weight excluding hydrogens is 467 g/mol. The molecule has 1 aliphatic heterocycles. The lowest BCUT2D eigenvalue weighted by Gasteiger charge is -2.23.